The number of piperazine rings is 1. The molecule has 35 heavy (non-hydrogen) atoms. The number of rotatable bonds is 4. The van der Waals surface area contributed by atoms with Crippen LogP contribution in [0.1, 0.15) is 37.8 Å². The Bertz CT molecular complexity index is 1250. The van der Waals surface area contributed by atoms with Gasteiger partial charge in [0.15, 0.2) is 0 Å². The second-order valence-corrected chi connectivity index (χ2v) is 9.57. The summed E-state index contributed by atoms with van der Waals surface area (Å²) in [5.74, 6) is 2.31. The molecule has 0 unspecified atom stereocenters. The fourth-order valence-electron chi connectivity index (χ4n) is 5.15. The van der Waals surface area contributed by atoms with Crippen molar-refractivity contribution in [2.45, 2.75) is 45.7 Å². The molecule has 2 aliphatic heterocycles. The normalized spacial score (nSPS) is 20.3. The zero-order chi connectivity index (χ0) is 24.5. The molecule has 0 N–H and O–H groups in total. The maximum Gasteiger partial charge on any atom is 0.228 e. The van der Waals surface area contributed by atoms with Crippen molar-refractivity contribution >= 4 is 17.6 Å². The van der Waals surface area contributed by atoms with E-state index in [1.54, 1.807) is 18.3 Å². The van der Waals surface area contributed by atoms with Gasteiger partial charge >= 0.3 is 0 Å². The number of anilines is 3. The first kappa shape index (κ1) is 23.0. The van der Waals surface area contributed by atoms with Gasteiger partial charge in [0.25, 0.3) is 0 Å². The largest absolute Gasteiger partial charge is 0.353 e. The molecular weight excluding hydrogens is 441 g/mol. The summed E-state index contributed by atoms with van der Waals surface area (Å²) in [6.07, 6.45) is 3.90. The summed E-state index contributed by atoms with van der Waals surface area (Å²) in [6, 6.07) is 13.2. The molecule has 4 heterocycles. The molecular formula is C27H30FN7. The zero-order valence-electron chi connectivity index (χ0n) is 20.4. The quantitative estimate of drug-likeness (QED) is 0.552. The molecule has 180 valence electrons. The van der Waals surface area contributed by atoms with Crippen LogP contribution in [0.3, 0.4) is 0 Å². The molecule has 2 aliphatic rings. The Morgan fingerprint density at radius 2 is 1.80 bits per heavy atom. The van der Waals surface area contributed by atoms with Gasteiger partial charge in [0, 0.05) is 56.1 Å². The molecule has 2 atom stereocenters. The summed E-state index contributed by atoms with van der Waals surface area (Å²) in [7, 11) is 0. The van der Waals surface area contributed by atoms with Crippen molar-refractivity contribution in [1.82, 2.24) is 15.0 Å². The predicted molar refractivity (Wildman–Crippen MR) is 136 cm³/mol. The van der Waals surface area contributed by atoms with E-state index in [0.717, 1.165) is 73.4 Å². The first-order valence-corrected chi connectivity index (χ1v) is 12.2. The average molecular weight is 472 g/mol. The van der Waals surface area contributed by atoms with Crippen LogP contribution in [-0.2, 0) is 0 Å². The lowest BCUT2D eigenvalue weighted by Crippen LogP contribution is -2.53. The molecule has 2 aromatic heterocycles. The monoisotopic (exact) mass is 471 g/mol. The van der Waals surface area contributed by atoms with Crippen LogP contribution in [0.25, 0.3) is 11.3 Å². The summed E-state index contributed by atoms with van der Waals surface area (Å²) < 4.78 is 13.6. The lowest BCUT2D eigenvalue weighted by Gasteiger charge is -2.41. The number of aryl methyl sites for hydroxylation is 1. The highest BCUT2D eigenvalue weighted by molar-refractivity contribution is 5.66. The molecule has 0 bridgehead atoms. The van der Waals surface area contributed by atoms with E-state index >= 15 is 0 Å². The topological polar surface area (TPSA) is 72.2 Å². The van der Waals surface area contributed by atoms with E-state index in [1.807, 2.05) is 19.1 Å². The van der Waals surface area contributed by atoms with Gasteiger partial charge in [0.05, 0.1) is 11.3 Å². The predicted octanol–water partition coefficient (Wildman–Crippen LogP) is 4.56. The Balaban J connectivity index is 1.45. The van der Waals surface area contributed by atoms with E-state index in [1.165, 1.54) is 12.1 Å². The molecule has 8 heteroatoms. The summed E-state index contributed by atoms with van der Waals surface area (Å²) in [4.78, 5) is 21.4. The van der Waals surface area contributed by atoms with Crippen LogP contribution < -0.4 is 14.7 Å². The molecule has 2 saturated heterocycles. The molecule has 0 radical (unpaired) electrons. The van der Waals surface area contributed by atoms with Crippen LogP contribution >= 0.6 is 0 Å². The van der Waals surface area contributed by atoms with E-state index in [2.05, 4.69) is 39.6 Å². The van der Waals surface area contributed by atoms with Gasteiger partial charge in [0.2, 0.25) is 5.95 Å². The van der Waals surface area contributed by atoms with Crippen molar-refractivity contribution in [3.05, 3.63) is 59.5 Å². The van der Waals surface area contributed by atoms with Crippen molar-refractivity contribution < 1.29 is 4.39 Å². The van der Waals surface area contributed by atoms with Crippen LogP contribution in [0.4, 0.5) is 22.0 Å². The van der Waals surface area contributed by atoms with E-state index in [9.17, 15) is 4.39 Å². The standard InChI is InChI=1S/C27H30FN7/c1-18-13-21(15-29)16-30-26(18)33-11-12-34(20(3)17-33)25-14-24(22-6-8-23(28)9-7-22)31-27(32-25)35-10-4-5-19(35)2/h6-9,13-14,16,19-20H,4-5,10-12,17H2,1-3H3/t19-,20-/m1/s1. The smallest absolute Gasteiger partial charge is 0.228 e. The van der Waals surface area contributed by atoms with E-state index < -0.39 is 0 Å². The highest BCUT2D eigenvalue weighted by Crippen LogP contribution is 2.31. The molecule has 0 amide bonds. The summed E-state index contributed by atoms with van der Waals surface area (Å²) in [6.45, 7) is 9.75. The van der Waals surface area contributed by atoms with Crippen LogP contribution in [0, 0.1) is 24.1 Å². The van der Waals surface area contributed by atoms with E-state index in [0.29, 0.717) is 11.6 Å². The third-order valence-electron chi connectivity index (χ3n) is 7.05. The first-order valence-electron chi connectivity index (χ1n) is 12.2. The van der Waals surface area contributed by atoms with Gasteiger partial charge in [-0.1, -0.05) is 0 Å². The highest BCUT2D eigenvalue weighted by Gasteiger charge is 2.29. The number of nitrogens with zero attached hydrogens (tertiary/aromatic N) is 7. The average Bonchev–Trinajstić information content (AvgIpc) is 3.30. The lowest BCUT2D eigenvalue weighted by atomic mass is 10.1. The Labute approximate surface area is 205 Å². The summed E-state index contributed by atoms with van der Waals surface area (Å²) in [5, 5.41) is 9.16. The van der Waals surface area contributed by atoms with Crippen molar-refractivity contribution in [2.75, 3.05) is 40.9 Å². The van der Waals surface area contributed by atoms with Gasteiger partial charge in [-0.05, 0) is 69.5 Å². The summed E-state index contributed by atoms with van der Waals surface area (Å²) in [5.41, 5.74) is 3.28. The number of nitriles is 1. The summed E-state index contributed by atoms with van der Waals surface area (Å²) >= 11 is 0. The molecule has 3 aromatic rings. The zero-order valence-corrected chi connectivity index (χ0v) is 20.4. The van der Waals surface area contributed by atoms with Crippen molar-refractivity contribution in [3.63, 3.8) is 0 Å². The molecule has 0 aliphatic carbocycles. The molecule has 1 aromatic carbocycles. The molecule has 2 fully saturated rings. The Morgan fingerprint density at radius 3 is 2.46 bits per heavy atom. The number of hydrogen-bond acceptors (Lipinski definition) is 7. The third-order valence-corrected chi connectivity index (χ3v) is 7.05. The SMILES string of the molecule is Cc1cc(C#N)cnc1N1CCN(c2cc(-c3ccc(F)cc3)nc(N3CCC[C@H]3C)n2)[C@H](C)C1. The fraction of sp³-hybridized carbons (Fsp3) is 0.407. The number of halogens is 1. The Hall–Kier alpha value is -3.73. The molecule has 7 nitrogen and oxygen atoms in total. The van der Waals surface area contributed by atoms with E-state index in [-0.39, 0.29) is 11.9 Å². The minimum atomic E-state index is -0.257. The van der Waals surface area contributed by atoms with Crippen molar-refractivity contribution in [1.29, 1.82) is 5.26 Å². The van der Waals surface area contributed by atoms with E-state index in [4.69, 9.17) is 15.2 Å². The van der Waals surface area contributed by atoms with Crippen molar-refractivity contribution in [3.8, 4) is 17.3 Å². The third kappa shape index (κ3) is 4.63. The maximum atomic E-state index is 13.6. The van der Waals surface area contributed by atoms with Crippen LogP contribution in [0.2, 0.25) is 0 Å². The second-order valence-electron chi connectivity index (χ2n) is 9.57. The van der Waals surface area contributed by atoms with Gasteiger partial charge in [0.1, 0.15) is 23.5 Å². The second kappa shape index (κ2) is 9.49. The first-order chi connectivity index (χ1) is 16.9. The fourth-order valence-corrected chi connectivity index (χ4v) is 5.15. The maximum absolute atomic E-state index is 13.6. The number of aromatic nitrogens is 3. The molecule has 0 spiro atoms. The Morgan fingerprint density at radius 1 is 1.00 bits per heavy atom. The Kier molecular flexibility index (Phi) is 6.25. The van der Waals surface area contributed by atoms with Gasteiger partial charge in [-0.15, -0.1) is 0 Å². The molecule has 5 rings (SSSR count). The van der Waals surface area contributed by atoms with Gasteiger partial charge < -0.3 is 14.7 Å². The van der Waals surface area contributed by atoms with Crippen LogP contribution in [-0.4, -0.2) is 53.2 Å². The van der Waals surface area contributed by atoms with Gasteiger partial charge in [-0.3, -0.25) is 0 Å². The van der Waals surface area contributed by atoms with Crippen LogP contribution in [0.15, 0.2) is 42.6 Å². The lowest BCUT2D eigenvalue weighted by molar-refractivity contribution is 0.541. The minimum Gasteiger partial charge on any atom is -0.353 e. The molecule has 0 saturated carbocycles. The number of hydrogen-bond donors (Lipinski definition) is 0. The van der Waals surface area contributed by atoms with Gasteiger partial charge in [-0.25, -0.2) is 14.4 Å². The number of pyridine rings is 1. The number of benzene rings is 1. The van der Waals surface area contributed by atoms with Crippen molar-refractivity contribution in [2.24, 2.45) is 0 Å². The van der Waals surface area contributed by atoms with Crippen LogP contribution in [0.5, 0.6) is 0 Å². The van der Waals surface area contributed by atoms with Gasteiger partial charge in [-0.2, -0.15) is 10.2 Å². The highest BCUT2D eigenvalue weighted by atomic mass is 19.1. The minimum absolute atomic E-state index is 0.195.